The van der Waals surface area contributed by atoms with Gasteiger partial charge in [-0.25, -0.2) is 0 Å². The third-order valence-electron chi connectivity index (χ3n) is 4.05. The number of carbonyl (C=O) groups is 1. The van der Waals surface area contributed by atoms with Crippen molar-refractivity contribution >= 4 is 32.6 Å². The van der Waals surface area contributed by atoms with Crippen molar-refractivity contribution in [1.29, 1.82) is 0 Å². The standard InChI is InChI=1S/C21H20BrNO3/c1-25-20-5-3-2-4-15(20)10-11-23-21(24)14-26-19-9-7-16-12-18(22)8-6-17(16)13-19/h2-9,12-13H,10-11,14H2,1H3,(H,23,24). The van der Waals surface area contributed by atoms with E-state index in [0.29, 0.717) is 18.7 Å². The van der Waals surface area contributed by atoms with E-state index in [1.54, 1.807) is 7.11 Å². The van der Waals surface area contributed by atoms with Crippen molar-refractivity contribution in [3.8, 4) is 11.5 Å². The van der Waals surface area contributed by atoms with E-state index in [9.17, 15) is 4.79 Å². The summed E-state index contributed by atoms with van der Waals surface area (Å²) in [5.74, 6) is 1.37. The summed E-state index contributed by atoms with van der Waals surface area (Å²) < 4.78 is 12.0. The van der Waals surface area contributed by atoms with E-state index in [4.69, 9.17) is 9.47 Å². The molecule has 0 heterocycles. The van der Waals surface area contributed by atoms with E-state index in [1.165, 1.54) is 0 Å². The first-order valence-corrected chi connectivity index (χ1v) is 9.16. The minimum Gasteiger partial charge on any atom is -0.496 e. The number of hydrogen-bond donors (Lipinski definition) is 1. The van der Waals surface area contributed by atoms with Gasteiger partial charge in [-0.1, -0.05) is 46.3 Å². The molecule has 26 heavy (non-hydrogen) atoms. The van der Waals surface area contributed by atoms with E-state index >= 15 is 0 Å². The number of fused-ring (bicyclic) bond motifs is 1. The average molecular weight is 414 g/mol. The van der Waals surface area contributed by atoms with Crippen LogP contribution in [0.15, 0.2) is 65.1 Å². The van der Waals surface area contributed by atoms with Gasteiger partial charge in [0, 0.05) is 11.0 Å². The van der Waals surface area contributed by atoms with Crippen LogP contribution >= 0.6 is 15.9 Å². The van der Waals surface area contributed by atoms with Crippen molar-refractivity contribution in [3.63, 3.8) is 0 Å². The molecule has 3 aromatic carbocycles. The molecule has 5 heteroatoms. The summed E-state index contributed by atoms with van der Waals surface area (Å²) in [5, 5.41) is 5.06. The molecule has 1 amide bonds. The van der Waals surface area contributed by atoms with Crippen LogP contribution in [0.4, 0.5) is 0 Å². The first kappa shape index (κ1) is 18.3. The highest BCUT2D eigenvalue weighted by atomic mass is 79.9. The lowest BCUT2D eigenvalue weighted by Crippen LogP contribution is -2.30. The van der Waals surface area contributed by atoms with E-state index in [0.717, 1.165) is 26.6 Å². The highest BCUT2D eigenvalue weighted by Crippen LogP contribution is 2.24. The largest absolute Gasteiger partial charge is 0.496 e. The number of halogens is 1. The zero-order valence-electron chi connectivity index (χ0n) is 14.5. The third-order valence-corrected chi connectivity index (χ3v) is 4.55. The Labute approximate surface area is 161 Å². The van der Waals surface area contributed by atoms with Crippen molar-refractivity contribution in [3.05, 3.63) is 70.7 Å². The van der Waals surface area contributed by atoms with Gasteiger partial charge in [-0.05, 0) is 53.1 Å². The second-order valence-corrected chi connectivity index (χ2v) is 6.77. The Morgan fingerprint density at radius 3 is 2.65 bits per heavy atom. The van der Waals surface area contributed by atoms with Crippen LogP contribution in [-0.4, -0.2) is 26.2 Å². The molecule has 3 rings (SSSR count). The van der Waals surface area contributed by atoms with Crippen molar-refractivity contribution in [2.75, 3.05) is 20.3 Å². The number of carbonyl (C=O) groups excluding carboxylic acids is 1. The Hall–Kier alpha value is -2.53. The number of hydrogen-bond acceptors (Lipinski definition) is 3. The summed E-state index contributed by atoms with van der Waals surface area (Å²) in [6.45, 7) is 0.530. The molecule has 0 saturated heterocycles. The SMILES string of the molecule is COc1ccccc1CCNC(=O)COc1ccc2cc(Br)ccc2c1. The highest BCUT2D eigenvalue weighted by molar-refractivity contribution is 9.10. The van der Waals surface area contributed by atoms with Crippen molar-refractivity contribution in [1.82, 2.24) is 5.32 Å². The van der Waals surface area contributed by atoms with Gasteiger partial charge in [-0.3, -0.25) is 4.79 Å². The molecule has 0 aliphatic heterocycles. The van der Waals surface area contributed by atoms with Crippen molar-refractivity contribution in [2.24, 2.45) is 0 Å². The fourth-order valence-electron chi connectivity index (χ4n) is 2.73. The fraction of sp³-hybridized carbons (Fsp3) is 0.190. The Morgan fingerprint density at radius 1 is 1.04 bits per heavy atom. The minimum atomic E-state index is -0.143. The summed E-state index contributed by atoms with van der Waals surface area (Å²) in [6, 6.07) is 19.6. The van der Waals surface area contributed by atoms with Gasteiger partial charge in [0.25, 0.3) is 5.91 Å². The van der Waals surface area contributed by atoms with Gasteiger partial charge in [-0.2, -0.15) is 0 Å². The van der Waals surface area contributed by atoms with Crippen LogP contribution in [0.25, 0.3) is 10.8 Å². The lowest BCUT2D eigenvalue weighted by atomic mass is 10.1. The summed E-state index contributed by atoms with van der Waals surface area (Å²) in [6.07, 6.45) is 0.709. The highest BCUT2D eigenvalue weighted by Gasteiger charge is 2.06. The van der Waals surface area contributed by atoms with Gasteiger partial charge in [-0.15, -0.1) is 0 Å². The minimum absolute atomic E-state index is 0.00599. The topological polar surface area (TPSA) is 47.6 Å². The van der Waals surface area contributed by atoms with Gasteiger partial charge in [0.05, 0.1) is 7.11 Å². The predicted molar refractivity (Wildman–Crippen MR) is 107 cm³/mol. The number of rotatable bonds is 7. The van der Waals surface area contributed by atoms with Gasteiger partial charge in [0.15, 0.2) is 6.61 Å². The Balaban J connectivity index is 1.49. The molecule has 0 spiro atoms. The zero-order valence-corrected chi connectivity index (χ0v) is 16.1. The van der Waals surface area contributed by atoms with Crippen LogP contribution in [0.3, 0.4) is 0 Å². The monoisotopic (exact) mass is 413 g/mol. The molecule has 0 unspecified atom stereocenters. The van der Waals surface area contributed by atoms with Gasteiger partial charge in [0.1, 0.15) is 11.5 Å². The number of para-hydroxylation sites is 1. The molecule has 0 atom stereocenters. The van der Waals surface area contributed by atoms with E-state index in [1.807, 2.05) is 60.7 Å². The molecule has 0 aliphatic rings. The van der Waals surface area contributed by atoms with Crippen LogP contribution in [-0.2, 0) is 11.2 Å². The Bertz CT molecular complexity index is 911. The molecule has 4 nitrogen and oxygen atoms in total. The molecule has 0 radical (unpaired) electrons. The van der Waals surface area contributed by atoms with Crippen molar-refractivity contribution < 1.29 is 14.3 Å². The molecule has 0 aromatic heterocycles. The summed E-state index contributed by atoms with van der Waals surface area (Å²) in [4.78, 5) is 12.0. The molecule has 0 saturated carbocycles. The fourth-order valence-corrected chi connectivity index (χ4v) is 3.11. The maximum absolute atomic E-state index is 12.0. The molecule has 0 bridgehead atoms. The van der Waals surface area contributed by atoms with E-state index in [2.05, 4.69) is 21.2 Å². The van der Waals surface area contributed by atoms with Crippen LogP contribution in [0.5, 0.6) is 11.5 Å². The summed E-state index contributed by atoms with van der Waals surface area (Å²) in [5.41, 5.74) is 1.07. The second kappa shape index (κ2) is 8.72. The number of benzene rings is 3. The first-order chi connectivity index (χ1) is 12.7. The molecule has 0 fully saturated rings. The van der Waals surface area contributed by atoms with Crippen LogP contribution in [0.1, 0.15) is 5.56 Å². The summed E-state index contributed by atoms with van der Waals surface area (Å²) in [7, 11) is 1.65. The van der Waals surface area contributed by atoms with E-state index < -0.39 is 0 Å². The first-order valence-electron chi connectivity index (χ1n) is 8.36. The average Bonchev–Trinajstić information content (AvgIpc) is 2.66. The van der Waals surface area contributed by atoms with Gasteiger partial charge < -0.3 is 14.8 Å². The second-order valence-electron chi connectivity index (χ2n) is 5.85. The van der Waals surface area contributed by atoms with E-state index in [-0.39, 0.29) is 12.5 Å². The molecular formula is C21H20BrNO3. The van der Waals surface area contributed by atoms with Crippen LogP contribution in [0, 0.1) is 0 Å². The lowest BCUT2D eigenvalue weighted by molar-refractivity contribution is -0.123. The Morgan fingerprint density at radius 2 is 1.81 bits per heavy atom. The van der Waals surface area contributed by atoms with Crippen molar-refractivity contribution in [2.45, 2.75) is 6.42 Å². The molecule has 134 valence electrons. The zero-order chi connectivity index (χ0) is 18.4. The molecule has 0 aliphatic carbocycles. The quantitative estimate of drug-likeness (QED) is 0.626. The maximum Gasteiger partial charge on any atom is 0.257 e. The Kier molecular flexibility index (Phi) is 6.12. The number of ether oxygens (including phenoxy) is 2. The van der Waals surface area contributed by atoms with Gasteiger partial charge in [0.2, 0.25) is 0 Å². The number of methoxy groups -OCH3 is 1. The van der Waals surface area contributed by atoms with Gasteiger partial charge >= 0.3 is 0 Å². The predicted octanol–water partition coefficient (Wildman–Crippen LogP) is 4.35. The molecule has 1 N–H and O–H groups in total. The smallest absolute Gasteiger partial charge is 0.257 e. The van der Waals surface area contributed by atoms with Crippen LogP contribution < -0.4 is 14.8 Å². The lowest BCUT2D eigenvalue weighted by Gasteiger charge is -2.10. The molecule has 3 aromatic rings. The number of amides is 1. The summed E-state index contributed by atoms with van der Waals surface area (Å²) >= 11 is 3.46. The number of nitrogens with one attached hydrogen (secondary N) is 1. The molecular weight excluding hydrogens is 394 g/mol. The third kappa shape index (κ3) is 4.76. The maximum atomic E-state index is 12.0. The normalized spacial score (nSPS) is 10.5. The van der Waals surface area contributed by atoms with Crippen LogP contribution in [0.2, 0.25) is 0 Å².